The molecule has 2 N–H and O–H groups in total. The van der Waals surface area contributed by atoms with Gasteiger partial charge in [-0.2, -0.15) is 0 Å². The minimum absolute atomic E-state index is 0.0388. The number of amides is 2. The van der Waals surface area contributed by atoms with Crippen molar-refractivity contribution in [3.8, 4) is 11.5 Å². The summed E-state index contributed by atoms with van der Waals surface area (Å²) in [5.41, 5.74) is 0.693. The smallest absolute Gasteiger partial charge is 0.239 e. The first-order valence-electron chi connectivity index (χ1n) is 7.51. The molecule has 0 aliphatic carbocycles. The van der Waals surface area contributed by atoms with Crippen LogP contribution in [-0.2, 0) is 16.1 Å². The Hall–Kier alpha value is -2.24. The van der Waals surface area contributed by atoms with Gasteiger partial charge in [0.15, 0.2) is 11.5 Å². The summed E-state index contributed by atoms with van der Waals surface area (Å²) in [6.45, 7) is 0.972. The first kappa shape index (κ1) is 16.1. The highest BCUT2D eigenvalue weighted by atomic mass is 16.5. The van der Waals surface area contributed by atoms with Gasteiger partial charge < -0.3 is 20.1 Å². The second-order valence-corrected chi connectivity index (χ2v) is 5.37. The number of phenols is 1. The number of ether oxygens (including phenoxy) is 1. The fourth-order valence-electron chi connectivity index (χ4n) is 2.57. The van der Waals surface area contributed by atoms with Crippen LogP contribution < -0.4 is 10.1 Å². The number of hydrogen-bond donors (Lipinski definition) is 2. The van der Waals surface area contributed by atoms with Crippen molar-refractivity contribution in [3.05, 3.63) is 23.8 Å². The van der Waals surface area contributed by atoms with Crippen LogP contribution in [0.4, 0.5) is 0 Å². The van der Waals surface area contributed by atoms with Crippen molar-refractivity contribution in [1.29, 1.82) is 0 Å². The van der Waals surface area contributed by atoms with Gasteiger partial charge >= 0.3 is 0 Å². The molecule has 120 valence electrons. The van der Waals surface area contributed by atoms with E-state index >= 15 is 0 Å². The molecule has 0 radical (unpaired) electrons. The molecule has 0 unspecified atom stereocenters. The van der Waals surface area contributed by atoms with Crippen molar-refractivity contribution in [1.82, 2.24) is 10.2 Å². The van der Waals surface area contributed by atoms with Gasteiger partial charge in [0.25, 0.3) is 0 Å². The maximum atomic E-state index is 12.0. The number of carbonyl (C=O) groups is 2. The number of hydrogen-bond acceptors (Lipinski definition) is 4. The molecule has 22 heavy (non-hydrogen) atoms. The molecule has 0 spiro atoms. The third kappa shape index (κ3) is 4.13. The number of aromatic hydroxyl groups is 1. The van der Waals surface area contributed by atoms with Crippen molar-refractivity contribution >= 4 is 11.8 Å². The molecule has 0 atom stereocenters. The van der Waals surface area contributed by atoms with Crippen molar-refractivity contribution in [2.24, 2.45) is 0 Å². The van der Waals surface area contributed by atoms with Crippen molar-refractivity contribution in [2.75, 3.05) is 20.2 Å². The largest absolute Gasteiger partial charge is 0.504 e. The molecule has 1 aromatic carbocycles. The molecule has 0 saturated carbocycles. The average Bonchev–Trinajstić information content (AvgIpc) is 2.70. The number of nitrogens with zero attached hydrogens (tertiary/aromatic N) is 1. The maximum Gasteiger partial charge on any atom is 0.239 e. The Labute approximate surface area is 130 Å². The fourth-order valence-corrected chi connectivity index (χ4v) is 2.57. The lowest BCUT2D eigenvalue weighted by atomic mass is 10.2. The van der Waals surface area contributed by atoms with Crippen LogP contribution in [0.1, 0.15) is 31.2 Å². The van der Waals surface area contributed by atoms with Gasteiger partial charge in [0.1, 0.15) is 0 Å². The third-order valence-corrected chi connectivity index (χ3v) is 3.76. The minimum atomic E-state index is -0.208. The van der Waals surface area contributed by atoms with Crippen LogP contribution in [-0.4, -0.2) is 42.0 Å². The number of benzene rings is 1. The van der Waals surface area contributed by atoms with E-state index in [1.807, 2.05) is 0 Å². The third-order valence-electron chi connectivity index (χ3n) is 3.76. The van der Waals surface area contributed by atoms with E-state index in [9.17, 15) is 14.7 Å². The highest BCUT2D eigenvalue weighted by Crippen LogP contribution is 2.29. The minimum Gasteiger partial charge on any atom is -0.504 e. The summed E-state index contributed by atoms with van der Waals surface area (Å²) in [6, 6.07) is 4.99. The van der Waals surface area contributed by atoms with Crippen LogP contribution in [0.15, 0.2) is 18.2 Å². The Morgan fingerprint density at radius 3 is 2.95 bits per heavy atom. The second-order valence-electron chi connectivity index (χ2n) is 5.37. The Bertz CT molecular complexity index is 545. The number of phenolic OH excluding ortho intramolecular Hbond substituents is 1. The summed E-state index contributed by atoms with van der Waals surface area (Å²) in [6.07, 6.45) is 3.40. The van der Waals surface area contributed by atoms with Gasteiger partial charge in [-0.05, 0) is 18.9 Å². The predicted octanol–water partition coefficient (Wildman–Crippen LogP) is 1.42. The van der Waals surface area contributed by atoms with Crippen molar-refractivity contribution in [2.45, 2.75) is 32.2 Å². The van der Waals surface area contributed by atoms with E-state index < -0.39 is 0 Å². The zero-order valence-corrected chi connectivity index (χ0v) is 12.8. The van der Waals surface area contributed by atoms with E-state index in [1.165, 1.54) is 13.2 Å². The second kappa shape index (κ2) is 7.68. The van der Waals surface area contributed by atoms with Crippen LogP contribution in [0.5, 0.6) is 11.5 Å². The van der Waals surface area contributed by atoms with Crippen LogP contribution in [0.2, 0.25) is 0 Å². The quantitative estimate of drug-likeness (QED) is 0.862. The number of likely N-dealkylation sites (tertiary alicyclic amines) is 1. The molecule has 0 aromatic heterocycles. The molecule has 2 amide bonds. The topological polar surface area (TPSA) is 78.9 Å². The number of methoxy groups -OCH3 is 1. The van der Waals surface area contributed by atoms with Gasteiger partial charge in [-0.3, -0.25) is 9.59 Å². The van der Waals surface area contributed by atoms with Gasteiger partial charge in [0, 0.05) is 25.1 Å². The standard InChI is InChI=1S/C16H22N2O4/c1-22-16-12(6-5-7-13(16)19)10-17-14(20)11-18-9-4-2-3-8-15(18)21/h5-7,19H,2-4,8-11H2,1H3,(H,17,20). The number of nitrogens with one attached hydrogen (secondary N) is 1. The highest BCUT2D eigenvalue weighted by molar-refractivity contribution is 5.84. The average molecular weight is 306 g/mol. The van der Waals surface area contributed by atoms with Gasteiger partial charge in [0.05, 0.1) is 13.7 Å². The van der Waals surface area contributed by atoms with Crippen LogP contribution in [0.25, 0.3) is 0 Å². The molecular formula is C16H22N2O4. The molecule has 1 aliphatic rings. The van der Waals surface area contributed by atoms with E-state index in [0.29, 0.717) is 24.3 Å². The lowest BCUT2D eigenvalue weighted by Gasteiger charge is -2.20. The Kier molecular flexibility index (Phi) is 5.63. The molecule has 6 nitrogen and oxygen atoms in total. The Morgan fingerprint density at radius 2 is 2.18 bits per heavy atom. The van der Waals surface area contributed by atoms with Gasteiger partial charge in [-0.1, -0.05) is 18.6 Å². The lowest BCUT2D eigenvalue weighted by Crippen LogP contribution is -2.40. The summed E-state index contributed by atoms with van der Waals surface area (Å²) in [4.78, 5) is 25.5. The molecule has 1 saturated heterocycles. The maximum absolute atomic E-state index is 12.0. The van der Waals surface area contributed by atoms with E-state index in [-0.39, 0.29) is 30.7 Å². The summed E-state index contributed by atoms with van der Waals surface area (Å²) >= 11 is 0. The van der Waals surface area contributed by atoms with E-state index in [2.05, 4.69) is 5.32 Å². The first-order chi connectivity index (χ1) is 10.6. The highest BCUT2D eigenvalue weighted by Gasteiger charge is 2.19. The Balaban J connectivity index is 1.90. The van der Waals surface area contributed by atoms with E-state index in [4.69, 9.17) is 4.74 Å². The molecule has 1 aliphatic heterocycles. The summed E-state index contributed by atoms with van der Waals surface area (Å²) in [5.74, 6) is 0.230. The summed E-state index contributed by atoms with van der Waals surface area (Å²) in [7, 11) is 1.47. The van der Waals surface area contributed by atoms with E-state index in [1.54, 1.807) is 17.0 Å². The molecular weight excluding hydrogens is 284 g/mol. The Morgan fingerprint density at radius 1 is 1.36 bits per heavy atom. The SMILES string of the molecule is COc1c(O)cccc1CNC(=O)CN1CCCCCC1=O. The summed E-state index contributed by atoms with van der Waals surface area (Å²) < 4.78 is 5.13. The monoisotopic (exact) mass is 306 g/mol. The molecule has 1 aromatic rings. The van der Waals surface area contributed by atoms with Gasteiger partial charge in [-0.15, -0.1) is 0 Å². The fraction of sp³-hybridized carbons (Fsp3) is 0.500. The summed E-state index contributed by atoms with van der Waals surface area (Å²) in [5, 5.41) is 12.5. The molecule has 1 fully saturated rings. The number of carbonyl (C=O) groups excluding carboxylic acids is 2. The zero-order valence-electron chi connectivity index (χ0n) is 12.8. The molecule has 2 rings (SSSR count). The van der Waals surface area contributed by atoms with Gasteiger partial charge in [-0.25, -0.2) is 0 Å². The van der Waals surface area contributed by atoms with Gasteiger partial charge in [0.2, 0.25) is 11.8 Å². The van der Waals surface area contributed by atoms with Crippen molar-refractivity contribution in [3.63, 3.8) is 0 Å². The number of para-hydroxylation sites is 1. The van der Waals surface area contributed by atoms with Crippen molar-refractivity contribution < 1.29 is 19.4 Å². The first-order valence-corrected chi connectivity index (χ1v) is 7.51. The van der Waals surface area contributed by atoms with Crippen LogP contribution in [0, 0.1) is 0 Å². The van der Waals surface area contributed by atoms with Crippen LogP contribution >= 0.6 is 0 Å². The molecule has 0 bridgehead atoms. The number of rotatable bonds is 5. The molecule has 1 heterocycles. The predicted molar refractivity (Wildman–Crippen MR) is 81.6 cm³/mol. The normalized spacial score (nSPS) is 15.3. The molecule has 6 heteroatoms. The van der Waals surface area contributed by atoms with E-state index in [0.717, 1.165) is 19.3 Å². The lowest BCUT2D eigenvalue weighted by molar-refractivity contribution is -0.135. The zero-order chi connectivity index (χ0) is 15.9. The van der Waals surface area contributed by atoms with Crippen LogP contribution in [0.3, 0.4) is 0 Å².